The number of carbonyl (C=O) groups excluding carboxylic acids is 1. The van der Waals surface area contributed by atoms with Crippen LogP contribution in [-0.2, 0) is 11.2 Å². The first-order valence-electron chi connectivity index (χ1n) is 4.68. The lowest BCUT2D eigenvalue weighted by Crippen LogP contribution is -2.39. The molecule has 0 aliphatic rings. The van der Waals surface area contributed by atoms with Gasteiger partial charge in [0.2, 0.25) is 5.91 Å². The van der Waals surface area contributed by atoms with E-state index in [4.69, 9.17) is 5.11 Å². The van der Waals surface area contributed by atoms with Crippen LogP contribution in [0.2, 0.25) is 0 Å². The second-order valence-electron chi connectivity index (χ2n) is 3.41. The van der Waals surface area contributed by atoms with Gasteiger partial charge in [-0.05, 0) is 6.92 Å². The minimum absolute atomic E-state index is 0.113. The quantitative estimate of drug-likeness (QED) is 0.597. The first-order valence-corrected chi connectivity index (χ1v) is 4.68. The number of aromatic nitrogens is 2. The van der Waals surface area contributed by atoms with Gasteiger partial charge in [0.1, 0.15) is 0 Å². The molecule has 0 aliphatic carbocycles. The summed E-state index contributed by atoms with van der Waals surface area (Å²) in [6.45, 7) is 5.04. The monoisotopic (exact) mass is 209 g/mol. The fourth-order valence-corrected chi connectivity index (χ4v) is 1.13. The van der Waals surface area contributed by atoms with Gasteiger partial charge in [-0.1, -0.05) is 6.58 Å². The summed E-state index contributed by atoms with van der Waals surface area (Å²) in [6, 6.07) is -0.311. The third-order valence-electron chi connectivity index (χ3n) is 1.96. The number of aromatic amines is 1. The van der Waals surface area contributed by atoms with Gasteiger partial charge in [-0.2, -0.15) is 0 Å². The van der Waals surface area contributed by atoms with Crippen LogP contribution >= 0.6 is 0 Å². The zero-order valence-corrected chi connectivity index (χ0v) is 8.66. The van der Waals surface area contributed by atoms with Gasteiger partial charge in [0.05, 0.1) is 19.0 Å². The Morgan fingerprint density at radius 2 is 2.53 bits per heavy atom. The van der Waals surface area contributed by atoms with Gasteiger partial charge < -0.3 is 15.4 Å². The van der Waals surface area contributed by atoms with Crippen molar-refractivity contribution in [1.82, 2.24) is 15.3 Å². The Labute approximate surface area is 88.2 Å². The molecule has 1 aromatic rings. The molecular weight excluding hydrogens is 194 g/mol. The van der Waals surface area contributed by atoms with Crippen LogP contribution in [0.4, 0.5) is 0 Å². The lowest BCUT2D eigenvalue weighted by molar-refractivity contribution is -0.118. The minimum atomic E-state index is -0.311. The van der Waals surface area contributed by atoms with E-state index in [9.17, 15) is 4.79 Å². The maximum Gasteiger partial charge on any atom is 0.246 e. The summed E-state index contributed by atoms with van der Waals surface area (Å²) in [7, 11) is 0. The number of H-pyrrole nitrogens is 1. The number of amides is 1. The average Bonchev–Trinajstić information content (AvgIpc) is 2.69. The fraction of sp³-hybridized carbons (Fsp3) is 0.400. The van der Waals surface area contributed by atoms with Crippen molar-refractivity contribution in [2.24, 2.45) is 0 Å². The second-order valence-corrected chi connectivity index (χ2v) is 3.41. The fourth-order valence-electron chi connectivity index (χ4n) is 1.13. The lowest BCUT2D eigenvalue weighted by atomic mass is 10.1. The van der Waals surface area contributed by atoms with Crippen molar-refractivity contribution in [3.63, 3.8) is 0 Å². The standard InChI is InChI=1S/C10H15N3O2/c1-7(2)10(15)13-9(5-14)3-8-4-11-6-12-8/h4,6,9,14H,1,3,5H2,2H3,(H,11,12)(H,13,15)/t9-/m0/s1. The van der Waals surface area contributed by atoms with E-state index >= 15 is 0 Å². The van der Waals surface area contributed by atoms with E-state index in [0.29, 0.717) is 12.0 Å². The Bertz CT molecular complexity index is 332. The Morgan fingerprint density at radius 3 is 3.00 bits per heavy atom. The first-order chi connectivity index (χ1) is 7.13. The molecule has 1 atom stereocenters. The number of carbonyl (C=O) groups is 1. The van der Waals surface area contributed by atoms with Crippen LogP contribution in [0.25, 0.3) is 0 Å². The third kappa shape index (κ3) is 3.55. The van der Waals surface area contributed by atoms with Gasteiger partial charge in [0, 0.05) is 23.9 Å². The molecule has 1 heterocycles. The smallest absolute Gasteiger partial charge is 0.246 e. The second kappa shape index (κ2) is 5.31. The van der Waals surface area contributed by atoms with E-state index in [0.717, 1.165) is 5.69 Å². The Hall–Kier alpha value is -1.62. The molecule has 0 saturated carbocycles. The Kier molecular flexibility index (Phi) is 4.05. The molecular formula is C10H15N3O2. The van der Waals surface area contributed by atoms with Crippen molar-refractivity contribution in [2.75, 3.05) is 6.61 Å². The van der Waals surface area contributed by atoms with E-state index < -0.39 is 0 Å². The van der Waals surface area contributed by atoms with E-state index in [1.54, 1.807) is 19.4 Å². The summed E-state index contributed by atoms with van der Waals surface area (Å²) in [5.74, 6) is -0.242. The maximum atomic E-state index is 11.3. The summed E-state index contributed by atoms with van der Waals surface area (Å²) in [4.78, 5) is 18.1. The molecule has 5 heteroatoms. The molecule has 0 bridgehead atoms. The normalized spacial score (nSPS) is 12.1. The van der Waals surface area contributed by atoms with Crippen molar-refractivity contribution >= 4 is 5.91 Å². The van der Waals surface area contributed by atoms with Crippen molar-refractivity contribution < 1.29 is 9.90 Å². The summed E-state index contributed by atoms with van der Waals surface area (Å²) in [5, 5.41) is 11.7. The highest BCUT2D eigenvalue weighted by Crippen LogP contribution is 1.99. The highest BCUT2D eigenvalue weighted by atomic mass is 16.3. The number of aliphatic hydroxyl groups is 1. The zero-order valence-electron chi connectivity index (χ0n) is 8.66. The summed E-state index contributed by atoms with van der Waals surface area (Å²) in [5.41, 5.74) is 1.30. The van der Waals surface area contributed by atoms with Gasteiger partial charge >= 0.3 is 0 Å². The van der Waals surface area contributed by atoms with Crippen LogP contribution in [0.3, 0.4) is 0 Å². The summed E-state index contributed by atoms with van der Waals surface area (Å²) < 4.78 is 0. The molecule has 0 aliphatic heterocycles. The van der Waals surface area contributed by atoms with Crippen molar-refractivity contribution in [3.8, 4) is 0 Å². The highest BCUT2D eigenvalue weighted by molar-refractivity contribution is 5.92. The molecule has 1 aromatic heterocycles. The van der Waals surface area contributed by atoms with Gasteiger partial charge in [0.25, 0.3) is 0 Å². The van der Waals surface area contributed by atoms with Gasteiger partial charge in [-0.25, -0.2) is 4.98 Å². The number of hydrogen-bond donors (Lipinski definition) is 3. The topological polar surface area (TPSA) is 78.0 Å². The van der Waals surface area contributed by atoms with Crippen LogP contribution in [0.5, 0.6) is 0 Å². The molecule has 0 fully saturated rings. The van der Waals surface area contributed by atoms with Crippen molar-refractivity contribution in [1.29, 1.82) is 0 Å². The van der Waals surface area contributed by atoms with Gasteiger partial charge in [-0.3, -0.25) is 4.79 Å². The summed E-state index contributed by atoms with van der Waals surface area (Å²) >= 11 is 0. The lowest BCUT2D eigenvalue weighted by Gasteiger charge is -2.15. The molecule has 0 aromatic carbocycles. The van der Waals surface area contributed by atoms with Crippen molar-refractivity contribution in [2.45, 2.75) is 19.4 Å². The SMILES string of the molecule is C=C(C)C(=O)N[C@H](CO)Cc1cnc[nH]1. The van der Waals surface area contributed by atoms with Crippen molar-refractivity contribution in [3.05, 3.63) is 30.4 Å². The maximum absolute atomic E-state index is 11.3. The van der Waals surface area contributed by atoms with Crippen LogP contribution in [-0.4, -0.2) is 33.6 Å². The largest absolute Gasteiger partial charge is 0.394 e. The number of aliphatic hydroxyl groups excluding tert-OH is 1. The molecule has 3 N–H and O–H groups in total. The third-order valence-corrected chi connectivity index (χ3v) is 1.96. The predicted molar refractivity (Wildman–Crippen MR) is 56.1 cm³/mol. The number of hydrogen-bond acceptors (Lipinski definition) is 3. The van der Waals surface area contributed by atoms with Gasteiger partial charge in [0.15, 0.2) is 0 Å². The number of imidazole rings is 1. The number of nitrogens with one attached hydrogen (secondary N) is 2. The van der Waals surface area contributed by atoms with E-state index in [2.05, 4.69) is 21.9 Å². The molecule has 82 valence electrons. The van der Waals surface area contributed by atoms with Crippen LogP contribution in [0, 0.1) is 0 Å². The molecule has 0 radical (unpaired) electrons. The highest BCUT2D eigenvalue weighted by Gasteiger charge is 2.12. The molecule has 0 spiro atoms. The van der Waals surface area contributed by atoms with Crippen LogP contribution in [0.1, 0.15) is 12.6 Å². The number of rotatable bonds is 5. The Morgan fingerprint density at radius 1 is 1.80 bits per heavy atom. The average molecular weight is 209 g/mol. The molecule has 0 unspecified atom stereocenters. The van der Waals surface area contributed by atoms with Crippen LogP contribution in [0.15, 0.2) is 24.7 Å². The molecule has 0 saturated heterocycles. The summed E-state index contributed by atoms with van der Waals surface area (Å²) in [6.07, 6.45) is 3.75. The first kappa shape index (κ1) is 11.5. The van der Waals surface area contributed by atoms with E-state index in [1.807, 2.05) is 0 Å². The molecule has 5 nitrogen and oxygen atoms in total. The predicted octanol–water partition coefficient (Wildman–Crippen LogP) is 0.00540. The number of nitrogens with zero attached hydrogens (tertiary/aromatic N) is 1. The van der Waals surface area contributed by atoms with Gasteiger partial charge in [-0.15, -0.1) is 0 Å². The molecule has 15 heavy (non-hydrogen) atoms. The zero-order chi connectivity index (χ0) is 11.3. The van der Waals surface area contributed by atoms with Crippen LogP contribution < -0.4 is 5.32 Å². The Balaban J connectivity index is 2.50. The minimum Gasteiger partial charge on any atom is -0.394 e. The van der Waals surface area contributed by atoms with E-state index in [1.165, 1.54) is 0 Å². The molecule has 1 rings (SSSR count). The molecule has 1 amide bonds. The van der Waals surface area contributed by atoms with E-state index in [-0.39, 0.29) is 18.6 Å².